The highest BCUT2D eigenvalue weighted by Crippen LogP contribution is 2.25. The van der Waals surface area contributed by atoms with Crippen molar-refractivity contribution in [3.63, 3.8) is 0 Å². The van der Waals surface area contributed by atoms with E-state index in [0.29, 0.717) is 31.0 Å². The highest BCUT2D eigenvalue weighted by Gasteiger charge is 2.33. The molecule has 6 heteroatoms. The van der Waals surface area contributed by atoms with Gasteiger partial charge in [-0.1, -0.05) is 6.92 Å². The summed E-state index contributed by atoms with van der Waals surface area (Å²) in [5.74, 6) is -0.396. The third-order valence-corrected chi connectivity index (χ3v) is 3.47. The van der Waals surface area contributed by atoms with Crippen molar-refractivity contribution in [1.29, 1.82) is 0 Å². The molecule has 0 bridgehead atoms. The fourth-order valence-corrected chi connectivity index (χ4v) is 2.06. The lowest BCUT2D eigenvalue weighted by molar-refractivity contribution is -0.0974. The molecule has 2 amide bonds. The molecule has 0 aliphatic carbocycles. The zero-order chi connectivity index (χ0) is 15.5. The van der Waals surface area contributed by atoms with Gasteiger partial charge in [0.1, 0.15) is 0 Å². The Bertz CT molecular complexity index is 553. The summed E-state index contributed by atoms with van der Waals surface area (Å²) in [6.07, 6.45) is 0. The van der Waals surface area contributed by atoms with Crippen molar-refractivity contribution < 1.29 is 19.1 Å². The monoisotopic (exact) mass is 292 g/mol. The second kappa shape index (κ2) is 6.13. The minimum absolute atomic E-state index is 0.0289. The van der Waals surface area contributed by atoms with Crippen molar-refractivity contribution in [3.8, 4) is 0 Å². The van der Waals surface area contributed by atoms with Crippen LogP contribution in [0.5, 0.6) is 0 Å². The summed E-state index contributed by atoms with van der Waals surface area (Å²) in [4.78, 5) is 23.3. The minimum atomic E-state index is -0.396. The molecule has 1 heterocycles. The largest absolute Gasteiger partial charge is 0.465 e. The molecular formula is C15H20N2O4. The molecule has 1 aliphatic rings. The number of ether oxygens (including phenoxy) is 2. The lowest BCUT2D eigenvalue weighted by Crippen LogP contribution is -2.49. The average Bonchev–Trinajstić information content (AvgIpc) is 2.44. The summed E-state index contributed by atoms with van der Waals surface area (Å²) in [6.45, 7) is 5.79. The van der Waals surface area contributed by atoms with Crippen LogP contribution in [-0.4, -0.2) is 38.9 Å². The Hall–Kier alpha value is -2.08. The normalized spacial score (nSPS) is 15.8. The third kappa shape index (κ3) is 3.72. The summed E-state index contributed by atoms with van der Waals surface area (Å²) in [6, 6.07) is 4.73. The molecular weight excluding hydrogens is 272 g/mol. The third-order valence-electron chi connectivity index (χ3n) is 3.47. The lowest BCUT2D eigenvalue weighted by atomic mass is 9.89. The second-order valence-corrected chi connectivity index (χ2v) is 5.63. The molecule has 1 aliphatic heterocycles. The molecule has 1 aromatic carbocycles. The Balaban J connectivity index is 1.92. The van der Waals surface area contributed by atoms with E-state index in [2.05, 4.69) is 22.3 Å². The van der Waals surface area contributed by atoms with Crippen LogP contribution in [0.25, 0.3) is 0 Å². The predicted molar refractivity (Wildman–Crippen MR) is 78.5 cm³/mol. The number of esters is 1. The summed E-state index contributed by atoms with van der Waals surface area (Å²) in [5, 5.41) is 5.60. The Morgan fingerprint density at radius 1 is 1.38 bits per heavy atom. The van der Waals surface area contributed by atoms with Gasteiger partial charge in [0.2, 0.25) is 0 Å². The van der Waals surface area contributed by atoms with Gasteiger partial charge in [0, 0.05) is 17.6 Å². The first-order valence-corrected chi connectivity index (χ1v) is 6.75. The molecule has 1 saturated heterocycles. The van der Waals surface area contributed by atoms with Crippen LogP contribution in [0.3, 0.4) is 0 Å². The molecule has 0 atom stereocenters. The molecule has 0 spiro atoms. The molecule has 6 nitrogen and oxygen atoms in total. The molecule has 1 aromatic rings. The molecule has 2 rings (SSSR count). The Morgan fingerprint density at radius 3 is 2.62 bits per heavy atom. The Kier molecular flexibility index (Phi) is 4.47. The molecule has 0 aromatic heterocycles. The fourth-order valence-electron chi connectivity index (χ4n) is 2.06. The maximum absolute atomic E-state index is 11.9. The van der Waals surface area contributed by atoms with Crippen LogP contribution in [0, 0.1) is 12.3 Å². The number of benzene rings is 1. The van der Waals surface area contributed by atoms with Crippen LogP contribution in [0.4, 0.5) is 10.5 Å². The number of amides is 2. The molecule has 21 heavy (non-hydrogen) atoms. The van der Waals surface area contributed by atoms with E-state index in [1.54, 1.807) is 18.2 Å². The number of rotatable bonds is 4. The maximum atomic E-state index is 11.9. The standard InChI is InChI=1S/C15H20N2O4/c1-10-6-11(13(18)20-3)4-5-12(10)17-14(19)16-7-15(2)8-21-9-15/h4-6H,7-9H2,1-3H3,(H2,16,17,19). The minimum Gasteiger partial charge on any atom is -0.465 e. The van der Waals surface area contributed by atoms with Gasteiger partial charge in [0.05, 0.1) is 25.9 Å². The zero-order valence-electron chi connectivity index (χ0n) is 12.5. The van der Waals surface area contributed by atoms with E-state index in [1.807, 2.05) is 6.92 Å². The molecule has 1 fully saturated rings. The highest BCUT2D eigenvalue weighted by atomic mass is 16.5. The van der Waals surface area contributed by atoms with E-state index in [9.17, 15) is 9.59 Å². The maximum Gasteiger partial charge on any atom is 0.337 e. The van der Waals surface area contributed by atoms with Gasteiger partial charge in [-0.2, -0.15) is 0 Å². The van der Waals surface area contributed by atoms with Crippen LogP contribution < -0.4 is 10.6 Å². The van der Waals surface area contributed by atoms with Crippen molar-refractivity contribution in [2.45, 2.75) is 13.8 Å². The molecule has 2 N–H and O–H groups in total. The van der Waals surface area contributed by atoms with Crippen LogP contribution >= 0.6 is 0 Å². The quantitative estimate of drug-likeness (QED) is 0.831. The second-order valence-electron chi connectivity index (χ2n) is 5.63. The van der Waals surface area contributed by atoms with Gasteiger partial charge in [-0.15, -0.1) is 0 Å². The number of urea groups is 1. The lowest BCUT2D eigenvalue weighted by Gasteiger charge is -2.37. The van der Waals surface area contributed by atoms with E-state index in [0.717, 1.165) is 5.56 Å². The molecule has 0 radical (unpaired) electrons. The molecule has 0 unspecified atom stereocenters. The van der Waals surface area contributed by atoms with Gasteiger partial charge in [-0.3, -0.25) is 0 Å². The number of nitrogens with one attached hydrogen (secondary N) is 2. The van der Waals surface area contributed by atoms with Crippen molar-refractivity contribution in [2.75, 3.05) is 32.2 Å². The average molecular weight is 292 g/mol. The van der Waals surface area contributed by atoms with Gasteiger partial charge in [0.15, 0.2) is 0 Å². The molecule has 114 valence electrons. The summed E-state index contributed by atoms with van der Waals surface area (Å²) >= 11 is 0. The first kappa shape index (κ1) is 15.3. The zero-order valence-corrected chi connectivity index (χ0v) is 12.5. The van der Waals surface area contributed by atoms with Gasteiger partial charge in [-0.05, 0) is 30.7 Å². The van der Waals surface area contributed by atoms with Gasteiger partial charge in [0.25, 0.3) is 0 Å². The van der Waals surface area contributed by atoms with Crippen LogP contribution in [0.15, 0.2) is 18.2 Å². The van der Waals surface area contributed by atoms with E-state index >= 15 is 0 Å². The van der Waals surface area contributed by atoms with Crippen molar-refractivity contribution in [1.82, 2.24) is 5.32 Å². The number of hydrogen-bond donors (Lipinski definition) is 2. The predicted octanol–water partition coefficient (Wildman–Crippen LogP) is 1.94. The van der Waals surface area contributed by atoms with Crippen LogP contribution in [0.1, 0.15) is 22.8 Å². The van der Waals surface area contributed by atoms with Crippen molar-refractivity contribution >= 4 is 17.7 Å². The number of hydrogen-bond acceptors (Lipinski definition) is 4. The number of carbonyl (C=O) groups excluding carboxylic acids is 2. The van der Waals surface area contributed by atoms with E-state index in [1.165, 1.54) is 7.11 Å². The van der Waals surface area contributed by atoms with Crippen molar-refractivity contribution in [3.05, 3.63) is 29.3 Å². The smallest absolute Gasteiger partial charge is 0.337 e. The summed E-state index contributed by atoms with van der Waals surface area (Å²) in [5.41, 5.74) is 1.95. The summed E-state index contributed by atoms with van der Waals surface area (Å²) in [7, 11) is 1.34. The van der Waals surface area contributed by atoms with E-state index in [4.69, 9.17) is 4.74 Å². The van der Waals surface area contributed by atoms with Gasteiger partial charge < -0.3 is 20.1 Å². The Labute approximate surface area is 123 Å². The highest BCUT2D eigenvalue weighted by molar-refractivity contribution is 5.93. The number of carbonyl (C=O) groups is 2. The van der Waals surface area contributed by atoms with Crippen LogP contribution in [-0.2, 0) is 9.47 Å². The van der Waals surface area contributed by atoms with Gasteiger partial charge in [-0.25, -0.2) is 9.59 Å². The number of aryl methyl sites for hydroxylation is 1. The van der Waals surface area contributed by atoms with E-state index < -0.39 is 5.97 Å². The first-order chi connectivity index (χ1) is 9.93. The number of anilines is 1. The molecule has 0 saturated carbocycles. The SMILES string of the molecule is COC(=O)c1ccc(NC(=O)NCC2(C)COC2)c(C)c1. The summed E-state index contributed by atoms with van der Waals surface area (Å²) < 4.78 is 9.79. The van der Waals surface area contributed by atoms with Crippen LogP contribution in [0.2, 0.25) is 0 Å². The first-order valence-electron chi connectivity index (χ1n) is 6.75. The fraction of sp³-hybridized carbons (Fsp3) is 0.467. The van der Waals surface area contributed by atoms with Crippen molar-refractivity contribution in [2.24, 2.45) is 5.41 Å². The Morgan fingerprint density at radius 2 is 2.10 bits per heavy atom. The van der Waals surface area contributed by atoms with Gasteiger partial charge >= 0.3 is 12.0 Å². The number of methoxy groups -OCH3 is 1. The topological polar surface area (TPSA) is 76.7 Å². The van der Waals surface area contributed by atoms with E-state index in [-0.39, 0.29) is 11.4 Å².